The van der Waals surface area contributed by atoms with Gasteiger partial charge < -0.3 is 20.9 Å². The molecule has 19 heavy (non-hydrogen) atoms. The molecule has 1 aliphatic heterocycles. The minimum atomic E-state index is -0.167. The number of aromatic nitrogens is 1. The van der Waals surface area contributed by atoms with Crippen molar-refractivity contribution in [3.63, 3.8) is 0 Å². The third-order valence-corrected chi connectivity index (χ3v) is 4.31. The molecule has 2 fully saturated rings. The van der Waals surface area contributed by atoms with E-state index in [1.165, 1.54) is 0 Å². The minimum absolute atomic E-state index is 0.137. The maximum absolute atomic E-state index is 12.0. The fourth-order valence-corrected chi connectivity index (χ4v) is 2.92. The second-order valence-electron chi connectivity index (χ2n) is 5.53. The van der Waals surface area contributed by atoms with E-state index < -0.39 is 0 Å². The summed E-state index contributed by atoms with van der Waals surface area (Å²) >= 11 is 0. The Morgan fingerprint density at radius 1 is 1.63 bits per heavy atom. The Morgan fingerprint density at radius 3 is 3.05 bits per heavy atom. The second kappa shape index (κ2) is 4.38. The first-order valence-electron chi connectivity index (χ1n) is 6.57. The highest BCUT2D eigenvalue weighted by molar-refractivity contribution is 5.74. The number of hydrogen-bond donors (Lipinski definition) is 3. The number of nitrogens with one attached hydrogen (secondary N) is 2. The van der Waals surface area contributed by atoms with Gasteiger partial charge in [-0.15, -0.1) is 0 Å². The Labute approximate surface area is 111 Å². The smallest absolute Gasteiger partial charge is 0.317 e. The normalized spacial score (nSPS) is 28.7. The Hall–Kier alpha value is -1.82. The van der Waals surface area contributed by atoms with E-state index in [0.29, 0.717) is 18.0 Å². The van der Waals surface area contributed by atoms with Crippen molar-refractivity contribution in [1.82, 2.24) is 15.2 Å². The number of fused-ring (bicyclic) bond motifs is 1. The van der Waals surface area contributed by atoms with Crippen molar-refractivity contribution in [1.29, 1.82) is 0 Å². The van der Waals surface area contributed by atoms with Crippen LogP contribution in [-0.2, 0) is 6.54 Å². The lowest BCUT2D eigenvalue weighted by atomic mass is 9.70. The van der Waals surface area contributed by atoms with Crippen LogP contribution in [0, 0.1) is 5.92 Å². The molecule has 1 aromatic heterocycles. The number of H-pyrrole nitrogens is 1. The van der Waals surface area contributed by atoms with Crippen molar-refractivity contribution >= 4 is 6.03 Å². The summed E-state index contributed by atoms with van der Waals surface area (Å²) in [5.74, 6) is 0.443. The number of nitrogens with two attached hydrogens (primary N) is 1. The molecule has 0 radical (unpaired) electrons. The number of carbonyl (C=O) groups excluding carboxylic acids is 1. The quantitative estimate of drug-likeness (QED) is 0.701. The molecule has 6 nitrogen and oxygen atoms in total. The number of rotatable bonds is 2. The van der Waals surface area contributed by atoms with Crippen LogP contribution in [0.5, 0.6) is 0 Å². The summed E-state index contributed by atoms with van der Waals surface area (Å²) in [6, 6.07) is 3.31. The van der Waals surface area contributed by atoms with Gasteiger partial charge in [-0.3, -0.25) is 4.79 Å². The zero-order chi connectivity index (χ0) is 13.5. The van der Waals surface area contributed by atoms with E-state index in [-0.39, 0.29) is 23.7 Å². The third kappa shape index (κ3) is 2.12. The van der Waals surface area contributed by atoms with E-state index in [1.807, 2.05) is 0 Å². The summed E-state index contributed by atoms with van der Waals surface area (Å²) in [5, 5.41) is 2.78. The Kier molecular flexibility index (Phi) is 2.82. The number of aromatic amines is 1. The van der Waals surface area contributed by atoms with E-state index in [9.17, 15) is 9.59 Å². The summed E-state index contributed by atoms with van der Waals surface area (Å²) in [6.07, 6.45) is 3.68. The molecular formula is C13H18N4O2. The Balaban J connectivity index is 1.58. The first kappa shape index (κ1) is 12.2. The molecule has 2 aliphatic rings. The maximum Gasteiger partial charge on any atom is 0.317 e. The fourth-order valence-electron chi connectivity index (χ4n) is 2.92. The van der Waals surface area contributed by atoms with Gasteiger partial charge in [-0.05, 0) is 24.8 Å². The molecule has 2 amide bonds. The van der Waals surface area contributed by atoms with Crippen molar-refractivity contribution in [2.75, 3.05) is 13.1 Å². The van der Waals surface area contributed by atoms with Crippen LogP contribution in [0.25, 0.3) is 0 Å². The molecule has 6 heteroatoms. The molecule has 0 aromatic carbocycles. The van der Waals surface area contributed by atoms with E-state index in [2.05, 4.69) is 10.3 Å². The molecule has 4 N–H and O–H groups in total. The zero-order valence-corrected chi connectivity index (χ0v) is 10.7. The first-order valence-corrected chi connectivity index (χ1v) is 6.57. The molecule has 1 aliphatic carbocycles. The van der Waals surface area contributed by atoms with Crippen molar-refractivity contribution in [2.45, 2.75) is 24.9 Å². The highest BCUT2D eigenvalue weighted by atomic mass is 16.2. The SMILES string of the molecule is N[C@]12CC[C@H]1CN(C(=O)NCc1ccc[nH]c1=O)C2. The largest absolute Gasteiger partial charge is 0.334 e. The number of amides is 2. The van der Waals surface area contributed by atoms with E-state index in [0.717, 1.165) is 19.4 Å². The molecule has 2 heterocycles. The summed E-state index contributed by atoms with van der Waals surface area (Å²) < 4.78 is 0. The van der Waals surface area contributed by atoms with E-state index >= 15 is 0 Å². The molecule has 0 unspecified atom stereocenters. The van der Waals surface area contributed by atoms with Gasteiger partial charge in [-0.1, -0.05) is 6.07 Å². The lowest BCUT2D eigenvalue weighted by molar-refractivity contribution is 0.187. The predicted molar refractivity (Wildman–Crippen MR) is 70.5 cm³/mol. The molecule has 2 atom stereocenters. The number of nitrogens with zero attached hydrogens (tertiary/aromatic N) is 1. The second-order valence-corrected chi connectivity index (χ2v) is 5.53. The topological polar surface area (TPSA) is 91.2 Å². The van der Waals surface area contributed by atoms with Gasteiger partial charge in [0.1, 0.15) is 0 Å². The van der Waals surface area contributed by atoms with Crippen molar-refractivity contribution in [2.24, 2.45) is 11.7 Å². The summed E-state index contributed by atoms with van der Waals surface area (Å²) in [4.78, 5) is 27.9. The van der Waals surface area contributed by atoms with Crippen LogP contribution >= 0.6 is 0 Å². The van der Waals surface area contributed by atoms with Gasteiger partial charge in [-0.2, -0.15) is 0 Å². The van der Waals surface area contributed by atoms with Gasteiger partial charge >= 0.3 is 6.03 Å². The maximum atomic E-state index is 12.0. The summed E-state index contributed by atoms with van der Waals surface area (Å²) in [6.45, 7) is 1.59. The van der Waals surface area contributed by atoms with Gasteiger partial charge in [-0.25, -0.2) is 4.79 Å². The first-order chi connectivity index (χ1) is 9.08. The number of pyridine rings is 1. The van der Waals surface area contributed by atoms with Crippen LogP contribution in [0.4, 0.5) is 4.79 Å². The van der Waals surface area contributed by atoms with Crippen molar-refractivity contribution < 1.29 is 4.79 Å². The minimum Gasteiger partial charge on any atom is -0.334 e. The molecule has 1 aromatic rings. The van der Waals surface area contributed by atoms with Crippen molar-refractivity contribution in [3.05, 3.63) is 34.2 Å². The lowest BCUT2D eigenvalue weighted by Gasteiger charge is -2.39. The average Bonchev–Trinajstić information content (AvgIpc) is 2.62. The molecule has 0 spiro atoms. The number of urea groups is 1. The fraction of sp³-hybridized carbons (Fsp3) is 0.538. The van der Waals surface area contributed by atoms with Gasteiger partial charge in [0.05, 0.1) is 0 Å². The standard InChI is InChI=1S/C13H18N4O2/c14-13-4-3-10(13)7-17(8-13)12(19)16-6-9-2-1-5-15-11(9)18/h1-2,5,10H,3-4,6-8,14H2,(H,15,18)(H,16,19)/t10-,13-/m0/s1. The van der Waals surface area contributed by atoms with Gasteiger partial charge in [0.25, 0.3) is 5.56 Å². The van der Waals surface area contributed by atoms with Crippen LogP contribution in [-0.4, -0.2) is 34.5 Å². The summed E-state index contributed by atoms with van der Waals surface area (Å²) in [5.41, 5.74) is 6.41. The highest BCUT2D eigenvalue weighted by Crippen LogP contribution is 2.42. The molecule has 1 saturated carbocycles. The Bertz CT molecular complexity index is 556. The predicted octanol–water partition coefficient (Wildman–Crippen LogP) is 0.00760. The van der Waals surface area contributed by atoms with Crippen molar-refractivity contribution in [3.8, 4) is 0 Å². The van der Waals surface area contributed by atoms with Crippen LogP contribution in [0.1, 0.15) is 18.4 Å². The molecular weight excluding hydrogens is 244 g/mol. The molecule has 0 bridgehead atoms. The number of carbonyl (C=O) groups is 1. The Morgan fingerprint density at radius 2 is 2.47 bits per heavy atom. The van der Waals surface area contributed by atoms with Gasteiger partial charge in [0, 0.05) is 36.9 Å². The lowest BCUT2D eigenvalue weighted by Crippen LogP contribution is -2.55. The van der Waals surface area contributed by atoms with E-state index in [1.54, 1.807) is 23.2 Å². The van der Waals surface area contributed by atoms with Crippen LogP contribution in [0.3, 0.4) is 0 Å². The monoisotopic (exact) mass is 262 g/mol. The zero-order valence-electron chi connectivity index (χ0n) is 10.7. The summed E-state index contributed by atoms with van der Waals surface area (Å²) in [7, 11) is 0. The van der Waals surface area contributed by atoms with Gasteiger partial charge in [0.2, 0.25) is 0 Å². The molecule has 3 rings (SSSR count). The van der Waals surface area contributed by atoms with Crippen LogP contribution in [0.15, 0.2) is 23.1 Å². The molecule has 102 valence electrons. The number of likely N-dealkylation sites (tertiary alicyclic amines) is 1. The third-order valence-electron chi connectivity index (χ3n) is 4.31. The van der Waals surface area contributed by atoms with Crippen LogP contribution < -0.4 is 16.6 Å². The number of hydrogen-bond acceptors (Lipinski definition) is 3. The average molecular weight is 262 g/mol. The van der Waals surface area contributed by atoms with Crippen LogP contribution in [0.2, 0.25) is 0 Å². The molecule has 1 saturated heterocycles. The highest BCUT2D eigenvalue weighted by Gasteiger charge is 2.51. The van der Waals surface area contributed by atoms with E-state index in [4.69, 9.17) is 5.73 Å². The van der Waals surface area contributed by atoms with Gasteiger partial charge in [0.15, 0.2) is 0 Å².